The molecule has 1 amide bonds. The highest BCUT2D eigenvalue weighted by molar-refractivity contribution is 6.30. The van der Waals surface area contributed by atoms with Crippen molar-refractivity contribution in [2.45, 2.75) is 38.6 Å². The Balaban J connectivity index is 2.53. The van der Waals surface area contributed by atoms with Gasteiger partial charge in [-0.1, -0.05) is 17.7 Å². The van der Waals surface area contributed by atoms with Crippen LogP contribution in [0.5, 0.6) is 0 Å². The molecule has 6 nitrogen and oxygen atoms in total. The maximum absolute atomic E-state index is 11.4. The smallest absolute Gasteiger partial charge is 0.407 e. The van der Waals surface area contributed by atoms with E-state index in [1.807, 2.05) is 0 Å². The first-order valence-corrected chi connectivity index (χ1v) is 6.52. The van der Waals surface area contributed by atoms with Crippen molar-refractivity contribution in [3.05, 3.63) is 29.0 Å². The van der Waals surface area contributed by atoms with E-state index in [1.54, 1.807) is 32.9 Å². The Morgan fingerprint density at radius 1 is 1.50 bits per heavy atom. The Morgan fingerprint density at radius 3 is 2.70 bits per heavy atom. The van der Waals surface area contributed by atoms with E-state index < -0.39 is 23.9 Å². The van der Waals surface area contributed by atoms with Crippen LogP contribution in [0.15, 0.2) is 18.3 Å². The van der Waals surface area contributed by atoms with Crippen LogP contribution in [0.25, 0.3) is 0 Å². The van der Waals surface area contributed by atoms with E-state index in [9.17, 15) is 15.0 Å². The molecular formula is C13H19ClN2O4. The normalized spacial score (nSPS) is 14.5. The van der Waals surface area contributed by atoms with E-state index in [-0.39, 0.29) is 11.7 Å². The number of amides is 1. The van der Waals surface area contributed by atoms with Crippen LogP contribution < -0.4 is 5.32 Å². The summed E-state index contributed by atoms with van der Waals surface area (Å²) in [5.41, 5.74) is -0.326. The molecule has 2 atom stereocenters. The van der Waals surface area contributed by atoms with Gasteiger partial charge in [0.1, 0.15) is 23.0 Å². The van der Waals surface area contributed by atoms with Crippen LogP contribution in [-0.4, -0.2) is 39.5 Å². The third-order valence-corrected chi connectivity index (χ3v) is 2.64. The van der Waals surface area contributed by atoms with Crippen LogP contribution in [0.3, 0.4) is 0 Å². The van der Waals surface area contributed by atoms with Gasteiger partial charge in [0.15, 0.2) is 0 Å². The van der Waals surface area contributed by atoms with Crippen LogP contribution in [-0.2, 0) is 4.74 Å². The maximum atomic E-state index is 11.4. The number of ether oxygens (including phenoxy) is 1. The fraction of sp³-hybridized carbons (Fsp3) is 0.538. The summed E-state index contributed by atoms with van der Waals surface area (Å²) in [7, 11) is 0. The fourth-order valence-electron chi connectivity index (χ4n) is 1.44. The Labute approximate surface area is 122 Å². The number of carbonyl (C=O) groups excluding carboxylic acids is 1. The molecule has 3 N–H and O–H groups in total. The summed E-state index contributed by atoms with van der Waals surface area (Å²) >= 11 is 5.82. The van der Waals surface area contributed by atoms with E-state index >= 15 is 0 Å². The molecule has 2 unspecified atom stereocenters. The second-order valence-corrected chi connectivity index (χ2v) is 5.64. The maximum Gasteiger partial charge on any atom is 0.407 e. The van der Waals surface area contributed by atoms with Crippen LogP contribution in [0, 0.1) is 0 Å². The standard InChI is InChI=1S/C13H19ClN2O4/c1-13(2,3)20-12(19)16-7-9(17)10(18)8-5-4-6-15-11(8)14/h4-6,9-10,17-18H,7H2,1-3H3,(H,16,19). The van der Waals surface area contributed by atoms with Gasteiger partial charge >= 0.3 is 6.09 Å². The molecule has 0 fully saturated rings. The largest absolute Gasteiger partial charge is 0.444 e. The number of carbonyl (C=O) groups is 1. The number of pyridine rings is 1. The summed E-state index contributed by atoms with van der Waals surface area (Å²) in [5.74, 6) is 0. The third kappa shape index (κ3) is 5.32. The van der Waals surface area contributed by atoms with Crippen molar-refractivity contribution in [2.24, 2.45) is 0 Å². The van der Waals surface area contributed by atoms with Gasteiger partial charge in [-0.3, -0.25) is 0 Å². The van der Waals surface area contributed by atoms with Gasteiger partial charge in [0.05, 0.1) is 0 Å². The van der Waals surface area contributed by atoms with Gasteiger partial charge in [-0.15, -0.1) is 0 Å². The van der Waals surface area contributed by atoms with E-state index in [2.05, 4.69) is 10.3 Å². The van der Waals surface area contributed by atoms with Gasteiger partial charge in [0.25, 0.3) is 0 Å². The lowest BCUT2D eigenvalue weighted by Crippen LogP contribution is -2.38. The molecular weight excluding hydrogens is 284 g/mol. The van der Waals surface area contributed by atoms with Gasteiger partial charge in [-0.2, -0.15) is 0 Å². The van der Waals surface area contributed by atoms with Crippen LogP contribution in [0.2, 0.25) is 5.15 Å². The zero-order chi connectivity index (χ0) is 15.3. The number of aliphatic hydroxyl groups excluding tert-OH is 2. The third-order valence-electron chi connectivity index (χ3n) is 2.33. The fourth-order valence-corrected chi connectivity index (χ4v) is 1.67. The van der Waals surface area contributed by atoms with Crippen molar-refractivity contribution in [3.63, 3.8) is 0 Å². The second kappa shape index (κ2) is 6.88. The Kier molecular flexibility index (Phi) is 5.74. The minimum Gasteiger partial charge on any atom is -0.444 e. The monoisotopic (exact) mass is 302 g/mol. The summed E-state index contributed by atoms with van der Waals surface area (Å²) < 4.78 is 5.02. The van der Waals surface area contributed by atoms with Crippen molar-refractivity contribution in [3.8, 4) is 0 Å². The molecule has 1 rings (SSSR count). The number of hydrogen-bond acceptors (Lipinski definition) is 5. The van der Waals surface area contributed by atoms with Crippen LogP contribution in [0.4, 0.5) is 4.79 Å². The predicted octanol–water partition coefficient (Wildman–Crippen LogP) is 1.65. The number of alkyl carbamates (subject to hydrolysis) is 1. The molecule has 0 spiro atoms. The molecule has 0 aliphatic rings. The van der Waals surface area contributed by atoms with Gasteiger partial charge in [-0.05, 0) is 26.8 Å². The highest BCUT2D eigenvalue weighted by Crippen LogP contribution is 2.22. The summed E-state index contributed by atoms with van der Waals surface area (Å²) in [6.07, 6.45) is -1.65. The van der Waals surface area contributed by atoms with Gasteiger partial charge in [0.2, 0.25) is 0 Å². The number of hydrogen-bond donors (Lipinski definition) is 3. The summed E-state index contributed by atoms with van der Waals surface area (Å²) in [5, 5.41) is 22.3. The summed E-state index contributed by atoms with van der Waals surface area (Å²) in [6.45, 7) is 5.02. The first-order valence-electron chi connectivity index (χ1n) is 6.14. The first-order chi connectivity index (χ1) is 9.20. The van der Waals surface area contributed by atoms with Crippen LogP contribution in [0.1, 0.15) is 32.4 Å². The summed E-state index contributed by atoms with van der Waals surface area (Å²) in [6, 6.07) is 3.15. The molecule has 0 radical (unpaired) electrons. The lowest BCUT2D eigenvalue weighted by molar-refractivity contribution is 0.0128. The number of nitrogens with one attached hydrogen (secondary N) is 1. The molecule has 7 heteroatoms. The molecule has 1 heterocycles. The Morgan fingerprint density at radius 2 is 2.15 bits per heavy atom. The molecule has 20 heavy (non-hydrogen) atoms. The highest BCUT2D eigenvalue weighted by Gasteiger charge is 2.23. The van der Waals surface area contributed by atoms with Crippen LogP contribution >= 0.6 is 11.6 Å². The van der Waals surface area contributed by atoms with Crippen molar-refractivity contribution >= 4 is 17.7 Å². The number of halogens is 1. The van der Waals surface area contributed by atoms with Crippen molar-refractivity contribution < 1.29 is 19.7 Å². The lowest BCUT2D eigenvalue weighted by atomic mass is 10.1. The molecule has 0 saturated carbocycles. The number of nitrogens with zero attached hydrogens (tertiary/aromatic N) is 1. The van der Waals surface area contributed by atoms with E-state index in [1.165, 1.54) is 6.20 Å². The van der Waals surface area contributed by atoms with Gasteiger partial charge in [0, 0.05) is 18.3 Å². The van der Waals surface area contributed by atoms with Gasteiger partial charge < -0.3 is 20.3 Å². The average Bonchev–Trinajstić information content (AvgIpc) is 2.33. The van der Waals surface area contributed by atoms with Gasteiger partial charge in [-0.25, -0.2) is 9.78 Å². The van der Waals surface area contributed by atoms with Crippen molar-refractivity contribution in [1.29, 1.82) is 0 Å². The summed E-state index contributed by atoms with van der Waals surface area (Å²) in [4.78, 5) is 15.2. The lowest BCUT2D eigenvalue weighted by Gasteiger charge is -2.22. The minimum atomic E-state index is -1.24. The molecule has 112 valence electrons. The van der Waals surface area contributed by atoms with E-state index in [0.717, 1.165) is 0 Å². The number of rotatable bonds is 4. The number of aliphatic hydroxyl groups is 2. The number of aromatic nitrogens is 1. The molecule has 1 aromatic rings. The Hall–Kier alpha value is -1.37. The molecule has 1 aromatic heterocycles. The first kappa shape index (κ1) is 16.7. The zero-order valence-corrected chi connectivity index (χ0v) is 12.4. The molecule has 0 aliphatic carbocycles. The SMILES string of the molecule is CC(C)(C)OC(=O)NCC(O)C(O)c1cccnc1Cl. The predicted molar refractivity (Wildman–Crippen MR) is 74.5 cm³/mol. The molecule has 0 saturated heterocycles. The molecule has 0 aromatic carbocycles. The zero-order valence-electron chi connectivity index (χ0n) is 11.6. The average molecular weight is 303 g/mol. The Bertz CT molecular complexity index is 462. The van der Waals surface area contributed by atoms with E-state index in [0.29, 0.717) is 5.56 Å². The highest BCUT2D eigenvalue weighted by atomic mass is 35.5. The topological polar surface area (TPSA) is 91.7 Å². The molecule has 0 bridgehead atoms. The quantitative estimate of drug-likeness (QED) is 0.736. The van der Waals surface area contributed by atoms with Crippen molar-refractivity contribution in [2.75, 3.05) is 6.54 Å². The van der Waals surface area contributed by atoms with Crippen molar-refractivity contribution in [1.82, 2.24) is 10.3 Å². The van der Waals surface area contributed by atoms with E-state index in [4.69, 9.17) is 16.3 Å². The minimum absolute atomic E-state index is 0.108. The second-order valence-electron chi connectivity index (χ2n) is 5.28. The molecule has 0 aliphatic heterocycles.